The molecule has 1 saturated carbocycles. The van der Waals surface area contributed by atoms with Crippen molar-refractivity contribution >= 4 is 29.9 Å². The van der Waals surface area contributed by atoms with E-state index in [4.69, 9.17) is 10.5 Å². The summed E-state index contributed by atoms with van der Waals surface area (Å²) in [6, 6.07) is 6.92. The summed E-state index contributed by atoms with van der Waals surface area (Å²) in [5.41, 5.74) is 7.44. The third-order valence-electron chi connectivity index (χ3n) is 3.97. The summed E-state index contributed by atoms with van der Waals surface area (Å²) in [5, 5.41) is 5.32. The maximum atomic E-state index is 11.9. The number of nitrogens with two attached hydrogens (primary N) is 1. The van der Waals surface area contributed by atoms with Crippen molar-refractivity contribution in [3.63, 3.8) is 0 Å². The lowest BCUT2D eigenvalue weighted by Crippen LogP contribution is -2.46. The Hall–Kier alpha value is -1.63. The van der Waals surface area contributed by atoms with E-state index < -0.39 is 6.04 Å². The Morgan fingerprint density at radius 1 is 1.32 bits per heavy atom. The molecule has 0 heterocycles. The fourth-order valence-corrected chi connectivity index (χ4v) is 2.16. The SMILES string of the molecule is CC(C)[C@H](N)C(=O)NCC(=O)Nc1cccc(COCC2CC2)c1.Cl. The van der Waals surface area contributed by atoms with Crippen LogP contribution >= 0.6 is 12.4 Å². The van der Waals surface area contributed by atoms with Gasteiger partial charge in [0, 0.05) is 12.3 Å². The molecule has 25 heavy (non-hydrogen) atoms. The van der Waals surface area contributed by atoms with Gasteiger partial charge in [0.2, 0.25) is 11.8 Å². The van der Waals surface area contributed by atoms with Crippen molar-refractivity contribution in [2.45, 2.75) is 39.3 Å². The average molecular weight is 370 g/mol. The molecule has 7 heteroatoms. The van der Waals surface area contributed by atoms with Gasteiger partial charge in [-0.15, -0.1) is 12.4 Å². The van der Waals surface area contributed by atoms with E-state index in [1.54, 1.807) is 0 Å². The molecule has 2 amide bonds. The van der Waals surface area contributed by atoms with Crippen LogP contribution in [-0.4, -0.2) is 31.0 Å². The van der Waals surface area contributed by atoms with E-state index in [0.717, 1.165) is 18.1 Å². The van der Waals surface area contributed by atoms with E-state index in [9.17, 15) is 9.59 Å². The molecule has 4 N–H and O–H groups in total. The molecule has 0 saturated heterocycles. The maximum Gasteiger partial charge on any atom is 0.243 e. The molecule has 1 aromatic carbocycles. The Balaban J connectivity index is 0.00000312. The number of ether oxygens (including phenoxy) is 1. The van der Waals surface area contributed by atoms with Gasteiger partial charge in [0.1, 0.15) is 0 Å². The zero-order valence-corrected chi connectivity index (χ0v) is 15.6. The molecule has 0 unspecified atom stereocenters. The Labute approximate surface area is 155 Å². The van der Waals surface area contributed by atoms with Gasteiger partial charge in [0.05, 0.1) is 19.2 Å². The fourth-order valence-electron chi connectivity index (χ4n) is 2.16. The Kier molecular flexibility index (Phi) is 8.89. The van der Waals surface area contributed by atoms with Crippen molar-refractivity contribution in [2.75, 3.05) is 18.5 Å². The number of nitrogens with one attached hydrogen (secondary N) is 2. The highest BCUT2D eigenvalue weighted by molar-refractivity contribution is 5.95. The van der Waals surface area contributed by atoms with Crippen LogP contribution in [0.15, 0.2) is 24.3 Å². The lowest BCUT2D eigenvalue weighted by atomic mass is 10.1. The number of halogens is 1. The third kappa shape index (κ3) is 7.86. The summed E-state index contributed by atoms with van der Waals surface area (Å²) < 4.78 is 5.65. The van der Waals surface area contributed by atoms with Crippen molar-refractivity contribution in [3.8, 4) is 0 Å². The first-order valence-corrected chi connectivity index (χ1v) is 8.45. The zero-order valence-electron chi connectivity index (χ0n) is 14.8. The largest absolute Gasteiger partial charge is 0.376 e. The van der Waals surface area contributed by atoms with Crippen LogP contribution in [0.25, 0.3) is 0 Å². The number of carbonyl (C=O) groups excluding carboxylic acids is 2. The van der Waals surface area contributed by atoms with E-state index in [1.807, 2.05) is 38.1 Å². The summed E-state index contributed by atoms with van der Waals surface area (Å²) in [4.78, 5) is 23.7. The van der Waals surface area contributed by atoms with Gasteiger partial charge in [-0.3, -0.25) is 9.59 Å². The lowest BCUT2D eigenvalue weighted by Gasteiger charge is -2.15. The molecule has 1 aromatic rings. The topological polar surface area (TPSA) is 93.5 Å². The second-order valence-corrected chi connectivity index (χ2v) is 6.69. The van der Waals surface area contributed by atoms with Crippen LogP contribution < -0.4 is 16.4 Å². The smallest absolute Gasteiger partial charge is 0.243 e. The molecule has 0 aromatic heterocycles. The molecule has 1 aliphatic rings. The molecule has 2 rings (SSSR count). The van der Waals surface area contributed by atoms with Crippen LogP contribution in [-0.2, 0) is 20.9 Å². The number of hydrogen-bond donors (Lipinski definition) is 3. The summed E-state index contributed by atoms with van der Waals surface area (Å²) >= 11 is 0. The zero-order chi connectivity index (χ0) is 17.5. The van der Waals surface area contributed by atoms with Crippen LogP contribution in [0.2, 0.25) is 0 Å². The van der Waals surface area contributed by atoms with Crippen LogP contribution in [0.1, 0.15) is 32.3 Å². The Morgan fingerprint density at radius 2 is 2.04 bits per heavy atom. The number of anilines is 1. The summed E-state index contributed by atoms with van der Waals surface area (Å²) in [5.74, 6) is 0.159. The second-order valence-electron chi connectivity index (χ2n) is 6.69. The first-order chi connectivity index (χ1) is 11.5. The number of rotatable bonds is 9. The third-order valence-corrected chi connectivity index (χ3v) is 3.97. The second kappa shape index (κ2) is 10.4. The lowest BCUT2D eigenvalue weighted by molar-refractivity contribution is -0.125. The molecular formula is C18H28ClN3O3. The highest BCUT2D eigenvalue weighted by atomic mass is 35.5. The van der Waals surface area contributed by atoms with E-state index in [2.05, 4.69) is 10.6 Å². The molecule has 1 atom stereocenters. The molecule has 1 fully saturated rings. The highest BCUT2D eigenvalue weighted by Gasteiger charge is 2.21. The normalized spacial score (nSPS) is 14.6. The van der Waals surface area contributed by atoms with Gasteiger partial charge in [0.25, 0.3) is 0 Å². The maximum absolute atomic E-state index is 11.9. The van der Waals surface area contributed by atoms with Crippen LogP contribution in [0.5, 0.6) is 0 Å². The molecule has 0 radical (unpaired) electrons. The quantitative estimate of drug-likeness (QED) is 0.621. The predicted octanol–water partition coefficient (Wildman–Crippen LogP) is 2.07. The number of benzene rings is 1. The molecule has 0 aliphatic heterocycles. The van der Waals surface area contributed by atoms with Crippen LogP contribution in [0, 0.1) is 11.8 Å². The fraction of sp³-hybridized carbons (Fsp3) is 0.556. The summed E-state index contributed by atoms with van der Waals surface area (Å²) in [7, 11) is 0. The minimum absolute atomic E-state index is 0. The van der Waals surface area contributed by atoms with E-state index in [0.29, 0.717) is 12.3 Å². The molecule has 140 valence electrons. The first kappa shape index (κ1) is 21.4. The first-order valence-electron chi connectivity index (χ1n) is 8.45. The van der Waals surface area contributed by atoms with Gasteiger partial charge in [0.15, 0.2) is 0 Å². The van der Waals surface area contributed by atoms with Gasteiger partial charge in [-0.25, -0.2) is 0 Å². The van der Waals surface area contributed by atoms with E-state index >= 15 is 0 Å². The van der Waals surface area contributed by atoms with Gasteiger partial charge in [-0.1, -0.05) is 26.0 Å². The van der Waals surface area contributed by atoms with Crippen molar-refractivity contribution < 1.29 is 14.3 Å². The minimum Gasteiger partial charge on any atom is -0.376 e. The van der Waals surface area contributed by atoms with Crippen molar-refractivity contribution in [1.82, 2.24) is 5.32 Å². The number of carbonyl (C=O) groups is 2. The minimum atomic E-state index is -0.607. The van der Waals surface area contributed by atoms with Crippen molar-refractivity contribution in [3.05, 3.63) is 29.8 Å². The van der Waals surface area contributed by atoms with Gasteiger partial charge < -0.3 is 21.1 Å². The summed E-state index contributed by atoms with van der Waals surface area (Å²) in [6.45, 7) is 4.97. The van der Waals surface area contributed by atoms with Crippen molar-refractivity contribution in [1.29, 1.82) is 0 Å². The van der Waals surface area contributed by atoms with Crippen LogP contribution in [0.4, 0.5) is 5.69 Å². The molecule has 6 nitrogen and oxygen atoms in total. The monoisotopic (exact) mass is 369 g/mol. The van der Waals surface area contributed by atoms with Gasteiger partial charge >= 0.3 is 0 Å². The van der Waals surface area contributed by atoms with Gasteiger partial charge in [-0.05, 0) is 42.4 Å². The Bertz CT molecular complexity index is 576. The number of amides is 2. The Morgan fingerprint density at radius 3 is 2.68 bits per heavy atom. The van der Waals surface area contributed by atoms with Gasteiger partial charge in [-0.2, -0.15) is 0 Å². The predicted molar refractivity (Wildman–Crippen MR) is 101 cm³/mol. The average Bonchev–Trinajstić information content (AvgIpc) is 3.36. The van der Waals surface area contributed by atoms with Crippen molar-refractivity contribution in [2.24, 2.45) is 17.6 Å². The molecule has 0 bridgehead atoms. The standard InChI is InChI=1S/C18H27N3O3.ClH/c1-12(2)17(19)18(23)20-9-16(22)21-15-5-3-4-14(8-15)11-24-10-13-6-7-13;/h3-5,8,12-13,17H,6-7,9-11,19H2,1-2H3,(H,20,23)(H,21,22);1H/t17-;/m0./s1. The van der Waals surface area contributed by atoms with Crippen LogP contribution in [0.3, 0.4) is 0 Å². The molecule has 1 aliphatic carbocycles. The van der Waals surface area contributed by atoms with E-state index in [-0.39, 0.29) is 36.7 Å². The number of hydrogen-bond acceptors (Lipinski definition) is 4. The molecular weight excluding hydrogens is 342 g/mol. The molecule has 0 spiro atoms. The highest BCUT2D eigenvalue weighted by Crippen LogP contribution is 2.29. The van der Waals surface area contributed by atoms with E-state index in [1.165, 1.54) is 12.8 Å². The summed E-state index contributed by atoms with van der Waals surface area (Å²) in [6.07, 6.45) is 2.53.